The maximum Gasteiger partial charge on any atom is 0.296 e. The number of benzene rings is 2. The molecule has 0 saturated carbocycles. The van der Waals surface area contributed by atoms with Crippen LogP contribution >= 0.6 is 0 Å². The number of aliphatic hydroxyl groups is 1. The SMILES string of the molecule is CCN1C(=O)[C@]2(C(=C(O)c3ccc4c(c3)C[C@@H](C)O4)C(=O)C(=O)N2CCOC)c2ccccc21. The highest BCUT2D eigenvalue weighted by Crippen LogP contribution is 2.53. The molecule has 1 fully saturated rings. The van der Waals surface area contributed by atoms with Gasteiger partial charge in [-0.1, -0.05) is 18.2 Å². The van der Waals surface area contributed by atoms with E-state index in [4.69, 9.17) is 9.47 Å². The molecule has 2 aromatic rings. The smallest absolute Gasteiger partial charge is 0.296 e. The number of carbonyl (C=O) groups is 3. The predicted octanol–water partition coefficient (Wildman–Crippen LogP) is 2.60. The molecule has 2 aromatic carbocycles. The van der Waals surface area contributed by atoms with Gasteiger partial charge in [0, 0.05) is 37.7 Å². The van der Waals surface area contributed by atoms with Crippen LogP contribution in [0.25, 0.3) is 5.76 Å². The molecule has 176 valence electrons. The Labute approximate surface area is 197 Å². The van der Waals surface area contributed by atoms with E-state index in [-0.39, 0.29) is 30.6 Å². The van der Waals surface area contributed by atoms with Crippen LogP contribution in [0.2, 0.25) is 0 Å². The van der Waals surface area contributed by atoms with Crippen LogP contribution in [0.1, 0.15) is 30.5 Å². The number of methoxy groups -OCH3 is 1. The lowest BCUT2D eigenvalue weighted by Gasteiger charge is -2.34. The first-order valence-corrected chi connectivity index (χ1v) is 11.4. The van der Waals surface area contributed by atoms with Gasteiger partial charge in [-0.2, -0.15) is 0 Å². The van der Waals surface area contributed by atoms with Crippen LogP contribution in [-0.4, -0.2) is 60.5 Å². The van der Waals surface area contributed by atoms with Gasteiger partial charge < -0.3 is 24.4 Å². The normalized spacial score (nSPS) is 24.7. The molecule has 0 aromatic heterocycles. The van der Waals surface area contributed by atoms with Gasteiger partial charge in [0.15, 0.2) is 5.54 Å². The van der Waals surface area contributed by atoms with Crippen LogP contribution in [0.5, 0.6) is 5.75 Å². The first-order valence-electron chi connectivity index (χ1n) is 11.4. The van der Waals surface area contributed by atoms with Gasteiger partial charge in [-0.25, -0.2) is 0 Å². The number of para-hydroxylation sites is 1. The summed E-state index contributed by atoms with van der Waals surface area (Å²) in [6.07, 6.45) is 0.668. The number of ether oxygens (including phenoxy) is 2. The van der Waals surface area contributed by atoms with Crippen molar-refractivity contribution in [1.82, 2.24) is 4.90 Å². The Bertz CT molecular complexity index is 1250. The maximum atomic E-state index is 14.0. The van der Waals surface area contributed by atoms with E-state index in [9.17, 15) is 19.5 Å². The number of anilines is 1. The fourth-order valence-corrected chi connectivity index (χ4v) is 5.38. The first kappa shape index (κ1) is 22.2. The average molecular weight is 463 g/mol. The van der Waals surface area contributed by atoms with E-state index >= 15 is 0 Å². The summed E-state index contributed by atoms with van der Waals surface area (Å²) in [4.78, 5) is 43.6. The van der Waals surface area contributed by atoms with E-state index in [1.54, 1.807) is 47.4 Å². The van der Waals surface area contributed by atoms with Crippen molar-refractivity contribution in [2.75, 3.05) is 31.7 Å². The molecule has 3 aliphatic heterocycles. The van der Waals surface area contributed by atoms with Crippen LogP contribution in [0.15, 0.2) is 48.0 Å². The maximum absolute atomic E-state index is 14.0. The van der Waals surface area contributed by atoms with Crippen molar-refractivity contribution in [3.8, 4) is 5.75 Å². The largest absolute Gasteiger partial charge is 0.507 e. The number of amides is 2. The standard InChI is InChI=1S/C26H26N2O6/c1-4-27-19-8-6-5-7-18(19)26(25(27)32)21(23(30)24(31)28(26)11-12-33-3)22(29)16-9-10-20-17(14-16)13-15(2)34-20/h5-10,14-15,29H,4,11-13H2,1-3H3/t15-,26-/m1/s1. The van der Waals surface area contributed by atoms with Crippen molar-refractivity contribution in [3.05, 3.63) is 64.7 Å². The molecule has 1 spiro atoms. The monoisotopic (exact) mass is 462 g/mol. The van der Waals surface area contributed by atoms with Gasteiger partial charge in [-0.15, -0.1) is 0 Å². The van der Waals surface area contributed by atoms with Gasteiger partial charge in [0.2, 0.25) is 0 Å². The van der Waals surface area contributed by atoms with Crippen LogP contribution in [0.4, 0.5) is 5.69 Å². The summed E-state index contributed by atoms with van der Waals surface area (Å²) in [5, 5.41) is 11.5. The molecule has 0 aliphatic carbocycles. The van der Waals surface area contributed by atoms with Crippen LogP contribution in [0.3, 0.4) is 0 Å². The first-order chi connectivity index (χ1) is 16.4. The Morgan fingerprint density at radius 1 is 1.21 bits per heavy atom. The van der Waals surface area contributed by atoms with E-state index in [0.29, 0.717) is 29.8 Å². The second kappa shape index (κ2) is 7.99. The number of nitrogens with zero attached hydrogens (tertiary/aromatic N) is 2. The van der Waals surface area contributed by atoms with Gasteiger partial charge in [0.25, 0.3) is 17.6 Å². The number of rotatable bonds is 5. The minimum atomic E-state index is -1.76. The molecule has 3 aliphatic rings. The summed E-state index contributed by atoms with van der Waals surface area (Å²) in [6, 6.07) is 12.2. The summed E-state index contributed by atoms with van der Waals surface area (Å²) in [7, 11) is 1.49. The number of Topliss-reactive ketones (excluding diaryl/α,β-unsaturated/α-hetero) is 1. The number of hydrogen-bond donors (Lipinski definition) is 1. The van der Waals surface area contributed by atoms with Gasteiger partial charge >= 0.3 is 0 Å². The number of ketones is 1. The zero-order valence-corrected chi connectivity index (χ0v) is 19.3. The van der Waals surface area contributed by atoms with Crippen molar-refractivity contribution in [1.29, 1.82) is 0 Å². The molecule has 8 heteroatoms. The number of hydrogen-bond acceptors (Lipinski definition) is 6. The number of carbonyl (C=O) groups excluding carboxylic acids is 3. The Balaban J connectivity index is 1.78. The van der Waals surface area contributed by atoms with Crippen molar-refractivity contribution < 1.29 is 29.0 Å². The zero-order valence-electron chi connectivity index (χ0n) is 19.3. The highest BCUT2D eigenvalue weighted by Gasteiger charge is 2.66. The van der Waals surface area contributed by atoms with E-state index in [1.165, 1.54) is 12.0 Å². The molecule has 34 heavy (non-hydrogen) atoms. The highest BCUT2D eigenvalue weighted by molar-refractivity contribution is 6.50. The predicted molar refractivity (Wildman–Crippen MR) is 125 cm³/mol. The molecular formula is C26H26N2O6. The lowest BCUT2D eigenvalue weighted by atomic mass is 9.81. The molecule has 2 atom stereocenters. The molecule has 5 rings (SSSR count). The number of aliphatic hydroxyl groups excluding tert-OH is 1. The molecule has 0 unspecified atom stereocenters. The topological polar surface area (TPSA) is 96.4 Å². The van der Waals surface area contributed by atoms with Crippen LogP contribution in [0, 0.1) is 0 Å². The average Bonchev–Trinajstić information content (AvgIpc) is 3.40. The molecule has 3 heterocycles. The van der Waals surface area contributed by atoms with E-state index in [2.05, 4.69) is 0 Å². The van der Waals surface area contributed by atoms with Gasteiger partial charge in [-0.05, 0) is 43.7 Å². The molecule has 8 nitrogen and oxygen atoms in total. The summed E-state index contributed by atoms with van der Waals surface area (Å²) in [6.45, 7) is 4.28. The minimum Gasteiger partial charge on any atom is -0.507 e. The third-order valence-corrected chi connectivity index (χ3v) is 6.81. The minimum absolute atomic E-state index is 0.00649. The van der Waals surface area contributed by atoms with Crippen molar-refractivity contribution in [2.45, 2.75) is 31.9 Å². The van der Waals surface area contributed by atoms with Crippen molar-refractivity contribution >= 4 is 29.0 Å². The lowest BCUT2D eigenvalue weighted by molar-refractivity contribution is -0.144. The summed E-state index contributed by atoms with van der Waals surface area (Å²) in [5.41, 5.74) is 0.395. The highest BCUT2D eigenvalue weighted by atomic mass is 16.5. The Morgan fingerprint density at radius 2 is 1.97 bits per heavy atom. The Hall–Kier alpha value is -3.65. The van der Waals surface area contributed by atoms with Crippen LogP contribution < -0.4 is 9.64 Å². The van der Waals surface area contributed by atoms with Gasteiger partial charge in [-0.3, -0.25) is 14.4 Å². The third kappa shape index (κ3) is 2.84. The molecular weight excluding hydrogens is 436 g/mol. The van der Waals surface area contributed by atoms with Gasteiger partial charge in [0.1, 0.15) is 17.6 Å². The second-order valence-electron chi connectivity index (χ2n) is 8.73. The Kier molecular flexibility index (Phi) is 5.20. The van der Waals surface area contributed by atoms with E-state index in [1.807, 2.05) is 13.8 Å². The number of likely N-dealkylation sites (N-methyl/N-ethyl adjacent to an activating group) is 1. The lowest BCUT2D eigenvalue weighted by Crippen LogP contribution is -2.52. The molecule has 2 amide bonds. The van der Waals surface area contributed by atoms with Crippen LogP contribution in [-0.2, 0) is 31.1 Å². The summed E-state index contributed by atoms with van der Waals surface area (Å²) < 4.78 is 10.9. The molecule has 1 saturated heterocycles. The molecule has 0 radical (unpaired) electrons. The summed E-state index contributed by atoms with van der Waals surface area (Å²) >= 11 is 0. The third-order valence-electron chi connectivity index (χ3n) is 6.81. The zero-order chi connectivity index (χ0) is 24.2. The quantitative estimate of drug-likeness (QED) is 0.417. The number of fused-ring (bicyclic) bond motifs is 3. The molecule has 1 N–H and O–H groups in total. The fraction of sp³-hybridized carbons (Fsp3) is 0.346. The molecule has 0 bridgehead atoms. The number of likely N-dealkylation sites (tertiary alicyclic amines) is 1. The van der Waals surface area contributed by atoms with E-state index < -0.39 is 23.1 Å². The van der Waals surface area contributed by atoms with Crippen molar-refractivity contribution in [2.24, 2.45) is 0 Å². The second-order valence-corrected chi connectivity index (χ2v) is 8.73. The summed E-state index contributed by atoms with van der Waals surface area (Å²) in [5.74, 6) is -1.82. The fourth-order valence-electron chi connectivity index (χ4n) is 5.38. The van der Waals surface area contributed by atoms with Gasteiger partial charge in [0.05, 0.1) is 17.9 Å². The van der Waals surface area contributed by atoms with E-state index in [0.717, 1.165) is 11.3 Å². The Morgan fingerprint density at radius 3 is 2.71 bits per heavy atom. The van der Waals surface area contributed by atoms with Crippen molar-refractivity contribution in [3.63, 3.8) is 0 Å².